The number of carboxylic acids is 1. The number of aliphatic carboxylic acids is 1. The molecule has 0 unspecified atom stereocenters. The van der Waals surface area contributed by atoms with Gasteiger partial charge in [-0.15, -0.1) is 0 Å². The molecular weight excluding hydrogens is 994 g/mol. The average Bonchev–Trinajstić information content (AvgIpc) is 3.60. The summed E-state index contributed by atoms with van der Waals surface area (Å²) in [5.41, 5.74) is 5.46. The molecule has 0 saturated carbocycles. The first-order chi connectivity index (χ1) is 34.3. The quantitative estimate of drug-likeness (QED) is 0.0410. The van der Waals surface area contributed by atoms with E-state index in [1.165, 1.54) is 0 Å². The SMILES string of the molecule is CN(C)c1ccc2c(c1)Oc1cc(N(C)C)ccc1C21OC(=O)c2cc(C(=O)NCCCCCCN(CCOc3ccc(NS(C)(=O)=O)cc3)CCc3ccc(NS(C)(=O)=O)cc3)ccc21.O=C(O)C(F)(F)F. The molecule has 0 saturated heterocycles. The van der Waals surface area contributed by atoms with Crippen molar-refractivity contribution in [1.82, 2.24) is 10.2 Å². The summed E-state index contributed by atoms with van der Waals surface area (Å²) in [4.78, 5) is 42.4. The highest BCUT2D eigenvalue weighted by atomic mass is 32.2. The van der Waals surface area contributed by atoms with Crippen molar-refractivity contribution in [2.45, 2.75) is 43.9 Å². The highest BCUT2D eigenvalue weighted by Crippen LogP contribution is 2.57. The van der Waals surface area contributed by atoms with Crippen molar-refractivity contribution in [2.24, 2.45) is 0 Å². The molecule has 7 rings (SSSR count). The van der Waals surface area contributed by atoms with E-state index in [9.17, 15) is 39.6 Å². The summed E-state index contributed by atoms with van der Waals surface area (Å²) in [6.45, 7) is 3.14. The molecule has 0 fully saturated rings. The molecule has 4 N–H and O–H groups in total. The van der Waals surface area contributed by atoms with Crippen LogP contribution in [0.5, 0.6) is 17.2 Å². The van der Waals surface area contributed by atoms with Gasteiger partial charge in [0, 0.05) is 105 Å². The van der Waals surface area contributed by atoms with E-state index in [1.54, 1.807) is 48.5 Å². The molecule has 1 spiro atoms. The predicted molar refractivity (Wildman–Crippen MR) is 273 cm³/mol. The number of nitrogens with one attached hydrogen (secondary N) is 3. The molecule has 2 aliphatic rings. The molecule has 392 valence electrons. The monoisotopic (exact) mass is 1050 g/mol. The third kappa shape index (κ3) is 14.8. The lowest BCUT2D eigenvalue weighted by Gasteiger charge is -2.37. The number of amides is 1. The molecule has 0 atom stereocenters. The van der Waals surface area contributed by atoms with Gasteiger partial charge in [-0.1, -0.05) is 31.0 Å². The Morgan fingerprint density at radius 2 is 1.21 bits per heavy atom. The van der Waals surface area contributed by atoms with Crippen molar-refractivity contribution < 1.29 is 63.7 Å². The summed E-state index contributed by atoms with van der Waals surface area (Å²) in [7, 11) is 1.07. The third-order valence-corrected chi connectivity index (χ3v) is 13.0. The van der Waals surface area contributed by atoms with E-state index in [2.05, 4.69) is 19.7 Å². The maximum absolute atomic E-state index is 13.8. The number of ether oxygens (including phenoxy) is 3. The molecule has 2 heterocycles. The fourth-order valence-corrected chi connectivity index (χ4v) is 9.35. The number of carbonyl (C=O) groups is 3. The van der Waals surface area contributed by atoms with E-state index in [0.717, 1.165) is 74.6 Å². The molecular formula is C51H59F3N6O11S2. The molecule has 73 heavy (non-hydrogen) atoms. The Bertz CT molecular complexity index is 2950. The largest absolute Gasteiger partial charge is 0.492 e. The molecule has 0 aliphatic carbocycles. The van der Waals surface area contributed by atoms with Gasteiger partial charge in [0.05, 0.1) is 18.1 Å². The van der Waals surface area contributed by atoms with E-state index in [1.807, 2.05) is 92.6 Å². The predicted octanol–water partition coefficient (Wildman–Crippen LogP) is 7.68. The van der Waals surface area contributed by atoms with E-state index < -0.39 is 43.8 Å². The van der Waals surface area contributed by atoms with Crippen LogP contribution in [-0.4, -0.2) is 124 Å². The normalized spacial score (nSPS) is 13.3. The number of halogens is 3. The molecule has 17 nitrogen and oxygen atoms in total. The molecule has 0 bridgehead atoms. The number of benzene rings is 5. The van der Waals surface area contributed by atoms with Crippen molar-refractivity contribution in [3.63, 3.8) is 0 Å². The van der Waals surface area contributed by atoms with Crippen LogP contribution in [0.2, 0.25) is 0 Å². The number of esters is 1. The highest BCUT2D eigenvalue weighted by molar-refractivity contribution is 7.92. The van der Waals surface area contributed by atoms with Crippen LogP contribution in [0, 0.1) is 0 Å². The van der Waals surface area contributed by atoms with Crippen LogP contribution < -0.4 is 34.0 Å². The second-order valence-electron chi connectivity index (χ2n) is 18.0. The summed E-state index contributed by atoms with van der Waals surface area (Å²) in [5.74, 6) is -1.72. The van der Waals surface area contributed by atoms with Gasteiger partial charge in [-0.3, -0.25) is 19.1 Å². The second kappa shape index (κ2) is 23.2. The zero-order valence-electron chi connectivity index (χ0n) is 41.2. The average molecular weight is 1050 g/mol. The van der Waals surface area contributed by atoms with Gasteiger partial charge in [-0.25, -0.2) is 26.4 Å². The number of nitrogens with zero attached hydrogens (tertiary/aromatic N) is 3. The molecule has 2 aliphatic heterocycles. The maximum atomic E-state index is 13.8. The van der Waals surface area contributed by atoms with Crippen molar-refractivity contribution in [1.29, 1.82) is 0 Å². The lowest BCUT2D eigenvalue weighted by atomic mass is 9.77. The molecule has 0 aromatic heterocycles. The minimum Gasteiger partial charge on any atom is -0.492 e. The topological polar surface area (TPSA) is 213 Å². The number of alkyl halides is 3. The van der Waals surface area contributed by atoms with Gasteiger partial charge >= 0.3 is 18.1 Å². The Hall–Kier alpha value is -7.04. The minimum atomic E-state index is -5.08. The fourth-order valence-electron chi connectivity index (χ4n) is 8.22. The lowest BCUT2D eigenvalue weighted by molar-refractivity contribution is -0.192. The first kappa shape index (κ1) is 55.3. The summed E-state index contributed by atoms with van der Waals surface area (Å²) < 4.78 is 102. The zero-order chi connectivity index (χ0) is 53.3. The number of carbonyl (C=O) groups excluding carboxylic acids is 2. The lowest BCUT2D eigenvalue weighted by Crippen LogP contribution is -2.33. The molecule has 0 radical (unpaired) electrons. The standard InChI is InChI=1S/C49H58N6O9S2.C2HF3O2/c1-53(2)38-18-23-43-45(32-38)63-46-33-39(54(3)4)19-24-44(46)49(43)42-22-13-35(31-41(42)48(57)64-49)47(56)50-26-9-7-8-10-27-55(28-25-34-11-14-36(15-12-34)51-65(5,58)59)29-30-62-40-20-16-37(17-21-40)52-66(6,60)61;3-2(4,5)1(6)7/h11-24,31-33,51-52H,7-10,25-30H2,1-6H3,(H,50,56);(H,6,7). The number of rotatable bonds is 21. The van der Waals surface area contributed by atoms with Gasteiger partial charge in [-0.05, 0) is 104 Å². The number of fused-ring (bicyclic) bond motifs is 6. The molecule has 22 heteroatoms. The van der Waals surface area contributed by atoms with Crippen LogP contribution >= 0.6 is 0 Å². The van der Waals surface area contributed by atoms with Crippen LogP contribution in [-0.2, 0) is 41.6 Å². The molecule has 5 aromatic carbocycles. The fraction of sp³-hybridized carbons (Fsp3) is 0.353. The van der Waals surface area contributed by atoms with E-state index >= 15 is 0 Å². The third-order valence-electron chi connectivity index (χ3n) is 11.8. The highest BCUT2D eigenvalue weighted by Gasteiger charge is 2.54. The van der Waals surface area contributed by atoms with Crippen molar-refractivity contribution in [3.05, 3.63) is 137 Å². The summed E-state index contributed by atoms with van der Waals surface area (Å²) in [6, 6.07) is 31.0. The number of hydrogen-bond acceptors (Lipinski definition) is 13. The maximum Gasteiger partial charge on any atom is 0.490 e. The van der Waals surface area contributed by atoms with Gasteiger partial charge in [-0.2, -0.15) is 13.2 Å². The Kier molecular flexibility index (Phi) is 17.6. The van der Waals surface area contributed by atoms with Gasteiger partial charge in [0.15, 0.2) is 5.60 Å². The van der Waals surface area contributed by atoms with Gasteiger partial charge in [0.25, 0.3) is 5.91 Å². The van der Waals surface area contributed by atoms with Crippen LogP contribution in [0.4, 0.5) is 35.9 Å². The smallest absolute Gasteiger partial charge is 0.490 e. The molecule has 1 amide bonds. The first-order valence-corrected chi connectivity index (χ1v) is 26.9. The van der Waals surface area contributed by atoms with E-state index in [4.69, 9.17) is 24.1 Å². The Morgan fingerprint density at radius 3 is 1.73 bits per heavy atom. The van der Waals surface area contributed by atoms with Gasteiger partial charge in [0.1, 0.15) is 23.9 Å². The van der Waals surface area contributed by atoms with Crippen molar-refractivity contribution >= 4 is 60.6 Å². The number of carboxylic acid groups (broad SMARTS) is 1. The van der Waals surface area contributed by atoms with Crippen LogP contribution in [0.3, 0.4) is 0 Å². The second-order valence-corrected chi connectivity index (χ2v) is 21.5. The summed E-state index contributed by atoms with van der Waals surface area (Å²) >= 11 is 0. The minimum absolute atomic E-state index is 0.266. The van der Waals surface area contributed by atoms with Gasteiger partial charge in [0.2, 0.25) is 20.0 Å². The Morgan fingerprint density at radius 1 is 0.685 bits per heavy atom. The number of hydrogen-bond donors (Lipinski definition) is 4. The first-order valence-electron chi connectivity index (χ1n) is 23.1. The van der Waals surface area contributed by atoms with E-state index in [-0.39, 0.29) is 5.91 Å². The van der Waals surface area contributed by atoms with Crippen molar-refractivity contribution in [3.8, 4) is 17.2 Å². The number of unbranched alkanes of at least 4 members (excludes halogenated alkanes) is 3. The molecule has 5 aromatic rings. The van der Waals surface area contributed by atoms with Gasteiger partial charge < -0.3 is 34.4 Å². The Balaban J connectivity index is 0.00000116. The Labute approximate surface area is 423 Å². The zero-order valence-corrected chi connectivity index (χ0v) is 42.8. The van der Waals surface area contributed by atoms with Crippen molar-refractivity contribution in [2.75, 3.05) is 92.7 Å². The number of sulfonamides is 2. The summed E-state index contributed by atoms with van der Waals surface area (Å²) in [6.07, 6.45) is 1.44. The summed E-state index contributed by atoms with van der Waals surface area (Å²) in [5, 5.41) is 10.2. The van der Waals surface area contributed by atoms with Crippen LogP contribution in [0.1, 0.15) is 68.7 Å². The van der Waals surface area contributed by atoms with Crippen LogP contribution in [0.15, 0.2) is 103 Å². The van der Waals surface area contributed by atoms with E-state index in [0.29, 0.717) is 76.1 Å². The van der Waals surface area contributed by atoms with Crippen LogP contribution in [0.25, 0.3) is 0 Å². The number of anilines is 4.